The van der Waals surface area contributed by atoms with Gasteiger partial charge in [-0.15, -0.1) is 6.58 Å². The number of pyridine rings is 1. The van der Waals surface area contributed by atoms with E-state index in [2.05, 4.69) is 57.0 Å². The van der Waals surface area contributed by atoms with Crippen molar-refractivity contribution in [1.29, 1.82) is 0 Å². The van der Waals surface area contributed by atoms with Crippen molar-refractivity contribution in [1.82, 2.24) is 20.5 Å². The van der Waals surface area contributed by atoms with Crippen LogP contribution in [-0.4, -0.2) is 48.3 Å². The molecule has 1 aromatic rings. The molecule has 3 N–H and O–H groups in total. The van der Waals surface area contributed by atoms with Crippen LogP contribution in [0.3, 0.4) is 0 Å². The van der Waals surface area contributed by atoms with Crippen molar-refractivity contribution >= 4 is 5.82 Å². The van der Waals surface area contributed by atoms with Crippen LogP contribution in [0.4, 0.5) is 10.2 Å². The van der Waals surface area contributed by atoms with Crippen molar-refractivity contribution in [3.05, 3.63) is 60.1 Å². The van der Waals surface area contributed by atoms with Gasteiger partial charge in [0.15, 0.2) is 0 Å². The van der Waals surface area contributed by atoms with Crippen LogP contribution in [0.5, 0.6) is 0 Å². The Hall–Kier alpha value is -2.34. The molecule has 0 bridgehead atoms. The second-order valence-corrected chi connectivity index (χ2v) is 8.27. The van der Waals surface area contributed by atoms with Gasteiger partial charge in [0.05, 0.1) is 18.6 Å². The largest absolute Gasteiger partial charge is 0.387 e. The highest BCUT2D eigenvalue weighted by Crippen LogP contribution is 2.23. The zero-order valence-electron chi connectivity index (χ0n) is 18.6. The highest BCUT2D eigenvalue weighted by molar-refractivity contribution is 5.45. The number of hydrogen-bond acceptors (Lipinski definition) is 5. The first-order chi connectivity index (χ1) is 13.7. The van der Waals surface area contributed by atoms with Gasteiger partial charge in [0.25, 0.3) is 0 Å². The number of rotatable bonds is 9. The summed E-state index contributed by atoms with van der Waals surface area (Å²) in [7, 11) is 4.00. The standard InChI is InChI=1S/C23H36FN5/c1-8-21-19(20(25-6)9-10-29(21)7)14-26-12-18-11-17(4)22(27-13-18)28-15-23(5,24)16(2)3/h8-11,13-14,16,20-21,25-26H,1,12,15H2,2-7H3,(H,27,28)/b19-14+. The fraction of sp³-hybridized carbons (Fsp3) is 0.522. The summed E-state index contributed by atoms with van der Waals surface area (Å²) in [6.45, 7) is 12.3. The number of nitrogens with one attached hydrogen (secondary N) is 3. The monoisotopic (exact) mass is 401 g/mol. The summed E-state index contributed by atoms with van der Waals surface area (Å²) in [5.74, 6) is 0.680. The van der Waals surface area contributed by atoms with E-state index in [-0.39, 0.29) is 24.5 Å². The first-order valence-corrected chi connectivity index (χ1v) is 10.2. The van der Waals surface area contributed by atoms with Gasteiger partial charge in [-0.2, -0.15) is 0 Å². The average Bonchev–Trinajstić information content (AvgIpc) is 2.67. The van der Waals surface area contributed by atoms with Crippen molar-refractivity contribution in [3.63, 3.8) is 0 Å². The summed E-state index contributed by atoms with van der Waals surface area (Å²) in [4.78, 5) is 6.63. The van der Waals surface area contributed by atoms with Crippen LogP contribution in [0, 0.1) is 12.8 Å². The van der Waals surface area contributed by atoms with E-state index in [1.807, 2.05) is 47.1 Å². The molecular weight excluding hydrogens is 365 g/mol. The second kappa shape index (κ2) is 9.92. The Labute approximate surface area is 175 Å². The van der Waals surface area contributed by atoms with Gasteiger partial charge in [0.2, 0.25) is 0 Å². The molecule has 0 amide bonds. The number of alkyl halides is 1. The molecule has 160 valence electrons. The van der Waals surface area contributed by atoms with Crippen LogP contribution in [0.15, 0.2) is 49.0 Å². The number of nitrogens with zero attached hydrogens (tertiary/aromatic N) is 2. The maximum Gasteiger partial charge on any atom is 0.128 e. The van der Waals surface area contributed by atoms with E-state index in [0.29, 0.717) is 6.54 Å². The summed E-state index contributed by atoms with van der Waals surface area (Å²) in [5, 5.41) is 9.88. The van der Waals surface area contributed by atoms with E-state index in [0.717, 1.165) is 16.9 Å². The highest BCUT2D eigenvalue weighted by atomic mass is 19.1. The predicted octanol–water partition coefficient (Wildman–Crippen LogP) is 3.76. The van der Waals surface area contributed by atoms with Crippen LogP contribution in [0.1, 0.15) is 31.9 Å². The molecule has 0 radical (unpaired) electrons. The number of halogens is 1. The minimum absolute atomic E-state index is 0.0543. The van der Waals surface area contributed by atoms with Gasteiger partial charge < -0.3 is 20.9 Å². The van der Waals surface area contributed by atoms with E-state index >= 15 is 0 Å². The van der Waals surface area contributed by atoms with Gasteiger partial charge in [-0.1, -0.05) is 19.9 Å². The maximum atomic E-state index is 14.5. The van der Waals surface area contributed by atoms with Gasteiger partial charge >= 0.3 is 0 Å². The third-order valence-electron chi connectivity index (χ3n) is 5.70. The molecule has 0 fully saturated rings. The van der Waals surface area contributed by atoms with Gasteiger partial charge in [0, 0.05) is 26.0 Å². The maximum absolute atomic E-state index is 14.5. The van der Waals surface area contributed by atoms with Gasteiger partial charge in [-0.25, -0.2) is 9.37 Å². The third kappa shape index (κ3) is 5.82. The summed E-state index contributed by atoms with van der Waals surface area (Å²) < 4.78 is 14.5. The van der Waals surface area contributed by atoms with E-state index < -0.39 is 5.67 Å². The Kier molecular flexibility index (Phi) is 7.85. The van der Waals surface area contributed by atoms with Crippen LogP contribution < -0.4 is 16.0 Å². The Bertz CT molecular complexity index is 754. The van der Waals surface area contributed by atoms with Crippen LogP contribution in [0.25, 0.3) is 0 Å². The summed E-state index contributed by atoms with van der Waals surface area (Å²) in [6.07, 6.45) is 10.1. The molecular formula is C23H36FN5. The zero-order valence-corrected chi connectivity index (χ0v) is 18.6. The molecule has 0 saturated heterocycles. The van der Waals surface area contributed by atoms with E-state index in [1.165, 1.54) is 5.57 Å². The zero-order chi connectivity index (χ0) is 21.6. The molecule has 0 saturated carbocycles. The number of likely N-dealkylation sites (N-methyl/N-ethyl adjacent to an activating group) is 2. The first kappa shape index (κ1) is 22.9. The van der Waals surface area contributed by atoms with Crippen LogP contribution in [0.2, 0.25) is 0 Å². The number of hydrogen-bond donors (Lipinski definition) is 3. The minimum atomic E-state index is -1.27. The number of anilines is 1. The van der Waals surface area contributed by atoms with Crippen molar-refractivity contribution in [2.24, 2.45) is 5.92 Å². The van der Waals surface area contributed by atoms with Crippen LogP contribution in [-0.2, 0) is 6.54 Å². The van der Waals surface area contributed by atoms with Gasteiger partial charge in [-0.3, -0.25) is 0 Å². The lowest BCUT2D eigenvalue weighted by Gasteiger charge is -2.34. The lowest BCUT2D eigenvalue weighted by molar-refractivity contribution is 0.139. The van der Waals surface area contributed by atoms with Crippen molar-refractivity contribution in [2.75, 3.05) is 26.0 Å². The van der Waals surface area contributed by atoms with E-state index in [9.17, 15) is 4.39 Å². The molecule has 1 aliphatic rings. The third-order valence-corrected chi connectivity index (χ3v) is 5.70. The van der Waals surface area contributed by atoms with Gasteiger partial charge in [-0.05, 0) is 61.9 Å². The predicted molar refractivity (Wildman–Crippen MR) is 120 cm³/mol. The quantitative estimate of drug-likeness (QED) is 0.550. The molecule has 0 spiro atoms. The molecule has 6 heteroatoms. The molecule has 0 aliphatic carbocycles. The minimum Gasteiger partial charge on any atom is -0.387 e. The molecule has 29 heavy (non-hydrogen) atoms. The summed E-state index contributed by atoms with van der Waals surface area (Å²) in [5.41, 5.74) is 2.03. The smallest absolute Gasteiger partial charge is 0.128 e. The van der Waals surface area contributed by atoms with E-state index in [1.54, 1.807) is 6.92 Å². The molecule has 0 aromatic carbocycles. The molecule has 3 unspecified atom stereocenters. The molecule has 1 aromatic heterocycles. The second-order valence-electron chi connectivity index (χ2n) is 8.27. The Balaban J connectivity index is 2.02. The molecule has 3 atom stereocenters. The van der Waals surface area contributed by atoms with Gasteiger partial charge in [0.1, 0.15) is 11.5 Å². The molecule has 5 nitrogen and oxygen atoms in total. The Morgan fingerprint density at radius 3 is 2.72 bits per heavy atom. The first-order valence-electron chi connectivity index (χ1n) is 10.2. The van der Waals surface area contributed by atoms with E-state index in [4.69, 9.17) is 0 Å². The molecule has 2 rings (SSSR count). The normalized spacial score (nSPS) is 22.6. The highest BCUT2D eigenvalue weighted by Gasteiger charge is 2.27. The lowest BCUT2D eigenvalue weighted by atomic mass is 9.94. The lowest BCUT2D eigenvalue weighted by Crippen LogP contribution is -2.41. The summed E-state index contributed by atoms with van der Waals surface area (Å²) in [6, 6.07) is 2.40. The van der Waals surface area contributed by atoms with Crippen molar-refractivity contribution in [2.45, 2.75) is 52.0 Å². The number of aryl methyl sites for hydroxylation is 1. The fourth-order valence-electron chi connectivity index (χ4n) is 3.25. The fourth-order valence-corrected chi connectivity index (χ4v) is 3.25. The average molecular weight is 402 g/mol. The van der Waals surface area contributed by atoms with Crippen molar-refractivity contribution in [3.8, 4) is 0 Å². The summed E-state index contributed by atoms with van der Waals surface area (Å²) >= 11 is 0. The Morgan fingerprint density at radius 2 is 2.14 bits per heavy atom. The Morgan fingerprint density at radius 1 is 1.41 bits per heavy atom. The molecule has 1 aliphatic heterocycles. The SMILES string of the molecule is C=CC1/C(=C/NCc2cnc(NCC(C)(F)C(C)C)c(C)c2)C(NC)C=CN1C. The van der Waals surface area contributed by atoms with Crippen molar-refractivity contribution < 1.29 is 4.39 Å². The number of aromatic nitrogens is 1. The van der Waals surface area contributed by atoms with Crippen LogP contribution >= 0.6 is 0 Å². The topological polar surface area (TPSA) is 52.2 Å². The molecule has 2 heterocycles.